The summed E-state index contributed by atoms with van der Waals surface area (Å²) < 4.78 is 27.1. The van der Waals surface area contributed by atoms with Crippen molar-refractivity contribution >= 4 is 16.1 Å². The van der Waals surface area contributed by atoms with Crippen LogP contribution in [0.25, 0.3) is 0 Å². The minimum absolute atomic E-state index is 0.0601. The van der Waals surface area contributed by atoms with Crippen molar-refractivity contribution in [3.05, 3.63) is 29.3 Å². The van der Waals surface area contributed by atoms with Crippen LogP contribution in [0, 0.1) is 13.8 Å². The van der Waals surface area contributed by atoms with Crippen molar-refractivity contribution in [1.82, 2.24) is 14.5 Å². The quantitative estimate of drug-likeness (QED) is 0.893. The maximum absolute atomic E-state index is 12.8. The normalized spacial score (nSPS) is 20.0. The molecule has 2 aliphatic rings. The highest BCUT2D eigenvalue weighted by atomic mass is 32.2. The lowest BCUT2D eigenvalue weighted by Gasteiger charge is -2.34. The van der Waals surface area contributed by atoms with Gasteiger partial charge in [-0.25, -0.2) is 13.2 Å². The summed E-state index contributed by atoms with van der Waals surface area (Å²) in [4.78, 5) is 14.4. The van der Waals surface area contributed by atoms with Crippen LogP contribution in [0.3, 0.4) is 0 Å². The van der Waals surface area contributed by atoms with Crippen LogP contribution in [0.5, 0.6) is 0 Å². The Hall–Kier alpha value is -1.60. The lowest BCUT2D eigenvalue weighted by molar-refractivity contribution is 0.169. The molecule has 1 aliphatic carbocycles. The number of hydrogen-bond donors (Lipinski definition) is 1. The Bertz CT molecular complexity index is 734. The molecule has 2 amide bonds. The molecule has 0 radical (unpaired) electrons. The molecule has 0 unspecified atom stereocenters. The topological polar surface area (TPSA) is 69.7 Å². The Morgan fingerprint density at radius 2 is 1.68 bits per heavy atom. The summed E-state index contributed by atoms with van der Waals surface area (Å²) in [6.45, 7) is 5.43. The maximum Gasteiger partial charge on any atom is 0.317 e. The van der Waals surface area contributed by atoms with Gasteiger partial charge in [-0.3, -0.25) is 0 Å². The molecule has 1 aromatic rings. The van der Waals surface area contributed by atoms with E-state index in [1.165, 1.54) is 17.1 Å². The third-order valence-corrected chi connectivity index (χ3v) is 7.22. The average molecular weight is 365 g/mol. The molecule has 1 N–H and O–H groups in total. The number of carbonyl (C=O) groups is 1. The molecule has 1 saturated carbocycles. The number of sulfonamides is 1. The van der Waals surface area contributed by atoms with Gasteiger partial charge in [0.15, 0.2) is 0 Å². The van der Waals surface area contributed by atoms with Gasteiger partial charge in [0.05, 0.1) is 4.90 Å². The highest BCUT2D eigenvalue weighted by molar-refractivity contribution is 7.89. The van der Waals surface area contributed by atoms with Crippen molar-refractivity contribution in [1.29, 1.82) is 0 Å². The fraction of sp³-hybridized carbons (Fsp3) is 0.611. The van der Waals surface area contributed by atoms with Gasteiger partial charge in [-0.05, 0) is 49.9 Å². The molecule has 138 valence electrons. The van der Waals surface area contributed by atoms with E-state index in [1.54, 1.807) is 17.0 Å². The summed E-state index contributed by atoms with van der Waals surface area (Å²) in [6.07, 6.45) is 4.44. The second kappa shape index (κ2) is 7.33. The van der Waals surface area contributed by atoms with Crippen LogP contribution in [-0.2, 0) is 10.0 Å². The van der Waals surface area contributed by atoms with Gasteiger partial charge in [-0.2, -0.15) is 4.31 Å². The second-order valence-corrected chi connectivity index (χ2v) is 9.01. The first-order chi connectivity index (χ1) is 11.9. The fourth-order valence-electron chi connectivity index (χ4n) is 3.49. The number of nitrogens with one attached hydrogen (secondary N) is 1. The fourth-order valence-corrected chi connectivity index (χ4v) is 5.00. The van der Waals surface area contributed by atoms with Gasteiger partial charge in [0.2, 0.25) is 10.0 Å². The molecule has 1 saturated heterocycles. The van der Waals surface area contributed by atoms with Crippen molar-refractivity contribution in [2.24, 2.45) is 0 Å². The molecule has 0 bridgehead atoms. The average Bonchev–Trinajstić information content (AvgIpc) is 3.10. The predicted octanol–water partition coefficient (Wildman–Crippen LogP) is 2.26. The summed E-state index contributed by atoms with van der Waals surface area (Å²) in [5, 5.41) is 3.07. The van der Waals surface area contributed by atoms with E-state index in [2.05, 4.69) is 5.32 Å². The van der Waals surface area contributed by atoms with Crippen LogP contribution in [-0.4, -0.2) is 55.9 Å². The lowest BCUT2D eigenvalue weighted by Crippen LogP contribution is -2.54. The maximum atomic E-state index is 12.8. The summed E-state index contributed by atoms with van der Waals surface area (Å²) in [5.74, 6) is 0. The number of benzene rings is 1. The van der Waals surface area contributed by atoms with Gasteiger partial charge >= 0.3 is 6.03 Å². The molecule has 1 aliphatic heterocycles. The largest absolute Gasteiger partial charge is 0.335 e. The molecule has 7 heteroatoms. The summed E-state index contributed by atoms with van der Waals surface area (Å²) in [5.41, 5.74) is 2.04. The highest BCUT2D eigenvalue weighted by Crippen LogP contribution is 2.21. The minimum Gasteiger partial charge on any atom is -0.335 e. The lowest BCUT2D eigenvalue weighted by atomic mass is 10.1. The first-order valence-corrected chi connectivity index (χ1v) is 10.4. The molecular weight excluding hydrogens is 338 g/mol. The molecule has 0 spiro atoms. The van der Waals surface area contributed by atoms with Crippen LogP contribution in [0.1, 0.15) is 36.8 Å². The summed E-state index contributed by atoms with van der Waals surface area (Å²) in [7, 11) is -3.50. The van der Waals surface area contributed by atoms with Gasteiger partial charge in [-0.1, -0.05) is 18.9 Å². The smallest absolute Gasteiger partial charge is 0.317 e. The summed E-state index contributed by atoms with van der Waals surface area (Å²) >= 11 is 0. The number of urea groups is 1. The van der Waals surface area contributed by atoms with E-state index >= 15 is 0 Å². The molecule has 0 aromatic heterocycles. The van der Waals surface area contributed by atoms with Gasteiger partial charge < -0.3 is 10.2 Å². The third kappa shape index (κ3) is 3.98. The van der Waals surface area contributed by atoms with Gasteiger partial charge in [-0.15, -0.1) is 0 Å². The van der Waals surface area contributed by atoms with E-state index in [-0.39, 0.29) is 12.1 Å². The molecule has 1 heterocycles. The number of nitrogens with zero attached hydrogens (tertiary/aromatic N) is 2. The third-order valence-electron chi connectivity index (χ3n) is 5.32. The SMILES string of the molecule is Cc1ccc(S(=O)(=O)N2CCN(C(=O)NC3CCCC3)CC2)cc1C. The van der Waals surface area contributed by atoms with E-state index < -0.39 is 10.0 Å². The van der Waals surface area contributed by atoms with Crippen LogP contribution in [0.15, 0.2) is 23.1 Å². The minimum atomic E-state index is -3.50. The van der Waals surface area contributed by atoms with E-state index in [1.807, 2.05) is 19.9 Å². The number of aryl methyl sites for hydroxylation is 2. The highest BCUT2D eigenvalue weighted by Gasteiger charge is 2.31. The Balaban J connectivity index is 1.60. The standard InChI is InChI=1S/C18H27N3O3S/c1-14-7-8-17(13-15(14)2)25(23,24)21-11-9-20(10-12-21)18(22)19-16-5-3-4-6-16/h7-8,13,16H,3-6,9-12H2,1-2H3,(H,19,22). The number of rotatable bonds is 3. The Labute approximate surface area is 150 Å². The van der Waals surface area contributed by atoms with E-state index in [0.29, 0.717) is 31.1 Å². The Kier molecular flexibility index (Phi) is 5.34. The van der Waals surface area contributed by atoms with Crippen molar-refractivity contribution in [3.8, 4) is 0 Å². The molecule has 1 aromatic carbocycles. The number of amides is 2. The predicted molar refractivity (Wildman–Crippen MR) is 97.0 cm³/mol. The summed E-state index contributed by atoms with van der Waals surface area (Å²) in [6, 6.07) is 5.45. The van der Waals surface area contributed by atoms with Crippen LogP contribution >= 0.6 is 0 Å². The van der Waals surface area contributed by atoms with E-state index in [4.69, 9.17) is 0 Å². The van der Waals surface area contributed by atoms with Crippen molar-refractivity contribution in [2.45, 2.75) is 50.5 Å². The van der Waals surface area contributed by atoms with Gasteiger partial charge in [0.1, 0.15) is 0 Å². The monoisotopic (exact) mass is 365 g/mol. The number of hydrogen-bond acceptors (Lipinski definition) is 3. The van der Waals surface area contributed by atoms with Crippen LogP contribution in [0.4, 0.5) is 4.79 Å². The van der Waals surface area contributed by atoms with Crippen molar-refractivity contribution < 1.29 is 13.2 Å². The van der Waals surface area contributed by atoms with Crippen molar-refractivity contribution in [2.75, 3.05) is 26.2 Å². The molecule has 3 rings (SSSR count). The number of piperazine rings is 1. The van der Waals surface area contributed by atoms with Crippen LogP contribution in [0.2, 0.25) is 0 Å². The Morgan fingerprint density at radius 3 is 2.28 bits per heavy atom. The molecular formula is C18H27N3O3S. The molecule has 0 atom stereocenters. The van der Waals surface area contributed by atoms with E-state index in [0.717, 1.165) is 24.0 Å². The zero-order valence-corrected chi connectivity index (χ0v) is 15.8. The molecule has 6 nitrogen and oxygen atoms in total. The molecule has 25 heavy (non-hydrogen) atoms. The van der Waals surface area contributed by atoms with Crippen LogP contribution < -0.4 is 5.32 Å². The molecule has 2 fully saturated rings. The van der Waals surface area contributed by atoms with E-state index in [9.17, 15) is 13.2 Å². The number of carbonyl (C=O) groups excluding carboxylic acids is 1. The first-order valence-electron chi connectivity index (χ1n) is 9.01. The zero-order chi connectivity index (χ0) is 18.0. The Morgan fingerprint density at radius 1 is 1.04 bits per heavy atom. The van der Waals surface area contributed by atoms with Gasteiger partial charge in [0.25, 0.3) is 0 Å². The first kappa shape index (κ1) is 18.2. The second-order valence-electron chi connectivity index (χ2n) is 7.07. The van der Waals surface area contributed by atoms with Crippen molar-refractivity contribution in [3.63, 3.8) is 0 Å². The van der Waals surface area contributed by atoms with Gasteiger partial charge in [0, 0.05) is 32.2 Å². The zero-order valence-electron chi connectivity index (χ0n) is 15.0.